The largest absolute Gasteiger partial charge is 0.353 e. The summed E-state index contributed by atoms with van der Waals surface area (Å²) in [4.78, 5) is 43.2. The van der Waals surface area contributed by atoms with Gasteiger partial charge in [0.25, 0.3) is 5.91 Å². The molecule has 7 heteroatoms. The highest BCUT2D eigenvalue weighted by atomic mass is 16.5. The van der Waals surface area contributed by atoms with Gasteiger partial charge in [-0.05, 0) is 30.5 Å². The number of amides is 3. The van der Waals surface area contributed by atoms with E-state index >= 15 is 0 Å². The number of piperidine rings is 1. The second-order valence-corrected chi connectivity index (χ2v) is 10.00. The van der Waals surface area contributed by atoms with Crippen LogP contribution in [0.5, 0.6) is 0 Å². The van der Waals surface area contributed by atoms with Crippen molar-refractivity contribution >= 4 is 17.7 Å². The Bertz CT molecular complexity index is 1060. The maximum absolute atomic E-state index is 13.8. The van der Waals surface area contributed by atoms with Crippen LogP contribution in [0.3, 0.4) is 0 Å². The van der Waals surface area contributed by atoms with E-state index in [4.69, 9.17) is 4.74 Å². The molecule has 1 unspecified atom stereocenters. The van der Waals surface area contributed by atoms with E-state index in [1.54, 1.807) is 11.0 Å². The number of ether oxygens (including phenoxy) is 1. The van der Waals surface area contributed by atoms with Crippen molar-refractivity contribution < 1.29 is 19.1 Å². The Labute approximate surface area is 207 Å². The second kappa shape index (κ2) is 10.6. The van der Waals surface area contributed by atoms with E-state index in [9.17, 15) is 14.4 Å². The molecule has 2 aliphatic heterocycles. The van der Waals surface area contributed by atoms with Crippen LogP contribution in [0.15, 0.2) is 54.6 Å². The molecule has 4 rings (SSSR count). The quantitative estimate of drug-likeness (QED) is 0.691. The number of carbonyl (C=O) groups is 3. The van der Waals surface area contributed by atoms with E-state index in [2.05, 4.69) is 5.32 Å². The summed E-state index contributed by atoms with van der Waals surface area (Å²) in [5, 5.41) is 2.98. The average Bonchev–Trinajstić information content (AvgIpc) is 3.21. The van der Waals surface area contributed by atoms with Gasteiger partial charge < -0.3 is 15.0 Å². The smallest absolute Gasteiger partial charge is 0.256 e. The predicted octanol–water partition coefficient (Wildman–Crippen LogP) is 3.52. The van der Waals surface area contributed by atoms with Gasteiger partial charge in [-0.1, -0.05) is 61.9 Å². The van der Waals surface area contributed by atoms with Crippen LogP contribution < -0.4 is 5.32 Å². The minimum atomic E-state index is -0.899. The molecule has 2 saturated heterocycles. The van der Waals surface area contributed by atoms with Gasteiger partial charge in [0.15, 0.2) is 0 Å². The normalized spacial score (nSPS) is 19.3. The number of hydrogen-bond acceptors (Lipinski definition) is 4. The van der Waals surface area contributed by atoms with Crippen molar-refractivity contribution in [1.82, 2.24) is 15.1 Å². The molecule has 1 atom stereocenters. The average molecular weight is 478 g/mol. The molecule has 0 saturated carbocycles. The van der Waals surface area contributed by atoms with Crippen LogP contribution in [0, 0.1) is 12.8 Å². The highest BCUT2D eigenvalue weighted by Crippen LogP contribution is 2.38. The first-order valence-corrected chi connectivity index (χ1v) is 12.4. The van der Waals surface area contributed by atoms with Crippen LogP contribution >= 0.6 is 0 Å². The molecule has 1 spiro atoms. The number of nitrogens with one attached hydrogen (secondary N) is 1. The molecule has 1 N–H and O–H groups in total. The van der Waals surface area contributed by atoms with Gasteiger partial charge in [0.2, 0.25) is 11.8 Å². The van der Waals surface area contributed by atoms with E-state index in [1.165, 1.54) is 0 Å². The third-order valence-electron chi connectivity index (χ3n) is 6.84. The molecule has 2 aromatic carbocycles. The minimum absolute atomic E-state index is 0.126. The first-order chi connectivity index (χ1) is 16.8. The fourth-order valence-electron chi connectivity index (χ4n) is 4.97. The molecule has 0 aromatic heterocycles. The maximum atomic E-state index is 13.8. The maximum Gasteiger partial charge on any atom is 0.256 e. The zero-order chi connectivity index (χ0) is 25.0. The lowest BCUT2D eigenvalue weighted by molar-refractivity contribution is -0.144. The number of likely N-dealkylation sites (tertiary alicyclic amines) is 1. The topological polar surface area (TPSA) is 79.0 Å². The van der Waals surface area contributed by atoms with Crippen molar-refractivity contribution in [2.45, 2.75) is 58.3 Å². The van der Waals surface area contributed by atoms with Crippen molar-refractivity contribution in [2.75, 3.05) is 19.7 Å². The van der Waals surface area contributed by atoms with Crippen molar-refractivity contribution in [1.29, 1.82) is 0 Å². The van der Waals surface area contributed by atoms with Crippen LogP contribution in [-0.2, 0) is 20.9 Å². The lowest BCUT2D eigenvalue weighted by Gasteiger charge is -2.44. The molecule has 2 aromatic rings. The van der Waals surface area contributed by atoms with E-state index in [1.807, 2.05) is 74.2 Å². The number of rotatable bonds is 6. The SMILES string of the molecule is Cc1cccc(C(=O)N2C(C(=O)NCc3ccccc3)COC23CCN(C(=O)CC(C)C)CC3)c1. The van der Waals surface area contributed by atoms with Crippen LogP contribution in [0.4, 0.5) is 0 Å². The number of benzene rings is 2. The predicted molar refractivity (Wildman–Crippen MR) is 133 cm³/mol. The summed E-state index contributed by atoms with van der Waals surface area (Å²) in [6, 6.07) is 16.4. The summed E-state index contributed by atoms with van der Waals surface area (Å²) in [7, 11) is 0. The Morgan fingerprint density at radius 1 is 1.06 bits per heavy atom. The number of hydrogen-bond donors (Lipinski definition) is 1. The third kappa shape index (κ3) is 5.56. The molecule has 35 heavy (non-hydrogen) atoms. The molecule has 186 valence electrons. The van der Waals surface area contributed by atoms with Gasteiger partial charge in [-0.3, -0.25) is 19.3 Å². The summed E-state index contributed by atoms with van der Waals surface area (Å²) < 4.78 is 6.27. The van der Waals surface area contributed by atoms with E-state index in [0.29, 0.717) is 50.4 Å². The Morgan fingerprint density at radius 3 is 2.43 bits per heavy atom. The zero-order valence-corrected chi connectivity index (χ0v) is 20.8. The highest BCUT2D eigenvalue weighted by molar-refractivity contribution is 5.98. The second-order valence-electron chi connectivity index (χ2n) is 10.00. The Balaban J connectivity index is 1.55. The van der Waals surface area contributed by atoms with Gasteiger partial charge >= 0.3 is 0 Å². The highest BCUT2D eigenvalue weighted by Gasteiger charge is 2.54. The standard InChI is InChI=1S/C28H35N3O4/c1-20(2)16-25(32)30-14-12-28(13-15-30)31(27(34)23-11-7-8-21(3)17-23)24(19-35-28)26(33)29-18-22-9-5-4-6-10-22/h4-11,17,20,24H,12-16,18-19H2,1-3H3,(H,29,33). The number of carbonyl (C=O) groups excluding carboxylic acids is 3. The number of nitrogens with zero attached hydrogens (tertiary/aromatic N) is 2. The van der Waals surface area contributed by atoms with E-state index < -0.39 is 11.8 Å². The first-order valence-electron chi connectivity index (χ1n) is 12.4. The van der Waals surface area contributed by atoms with Crippen LogP contribution in [0.1, 0.15) is 54.6 Å². The van der Waals surface area contributed by atoms with E-state index in [0.717, 1.165) is 11.1 Å². The fraction of sp³-hybridized carbons (Fsp3) is 0.464. The molecule has 0 bridgehead atoms. The van der Waals surface area contributed by atoms with Gasteiger partial charge in [-0.25, -0.2) is 0 Å². The van der Waals surface area contributed by atoms with Crippen LogP contribution in [0.2, 0.25) is 0 Å². The summed E-state index contributed by atoms with van der Waals surface area (Å²) in [6.07, 6.45) is 1.47. The molecule has 0 aliphatic carbocycles. The molecular weight excluding hydrogens is 442 g/mol. The van der Waals surface area contributed by atoms with Crippen molar-refractivity contribution in [2.24, 2.45) is 5.92 Å². The zero-order valence-electron chi connectivity index (χ0n) is 20.8. The molecule has 3 amide bonds. The molecule has 2 aliphatic rings. The lowest BCUT2D eigenvalue weighted by atomic mass is 9.95. The first kappa shape index (κ1) is 24.9. The molecular formula is C28H35N3O4. The molecule has 0 radical (unpaired) electrons. The van der Waals surface area contributed by atoms with Crippen LogP contribution in [-0.4, -0.2) is 59.0 Å². The van der Waals surface area contributed by atoms with Gasteiger partial charge in [-0.15, -0.1) is 0 Å². The lowest BCUT2D eigenvalue weighted by Crippen LogP contribution is -2.59. The minimum Gasteiger partial charge on any atom is -0.353 e. The van der Waals surface area contributed by atoms with Crippen molar-refractivity contribution in [3.05, 3.63) is 71.3 Å². The fourth-order valence-corrected chi connectivity index (χ4v) is 4.97. The monoisotopic (exact) mass is 477 g/mol. The number of aryl methyl sites for hydroxylation is 1. The van der Waals surface area contributed by atoms with Gasteiger partial charge in [-0.2, -0.15) is 0 Å². The molecule has 2 fully saturated rings. The van der Waals surface area contributed by atoms with Gasteiger partial charge in [0.05, 0.1) is 6.61 Å². The van der Waals surface area contributed by atoms with Crippen molar-refractivity contribution in [3.63, 3.8) is 0 Å². The third-order valence-corrected chi connectivity index (χ3v) is 6.84. The van der Waals surface area contributed by atoms with Crippen molar-refractivity contribution in [3.8, 4) is 0 Å². The summed E-state index contributed by atoms with van der Waals surface area (Å²) in [6.45, 7) is 7.53. The summed E-state index contributed by atoms with van der Waals surface area (Å²) in [5.41, 5.74) is 1.60. The molecule has 7 nitrogen and oxygen atoms in total. The Hall–Kier alpha value is -3.19. The van der Waals surface area contributed by atoms with Gasteiger partial charge in [0, 0.05) is 44.5 Å². The Kier molecular flexibility index (Phi) is 7.55. The summed E-state index contributed by atoms with van der Waals surface area (Å²) >= 11 is 0. The Morgan fingerprint density at radius 2 is 1.77 bits per heavy atom. The van der Waals surface area contributed by atoms with E-state index in [-0.39, 0.29) is 24.3 Å². The summed E-state index contributed by atoms with van der Waals surface area (Å²) in [5.74, 6) is -0.0298. The molecule has 2 heterocycles. The van der Waals surface area contributed by atoms with Crippen LogP contribution in [0.25, 0.3) is 0 Å². The van der Waals surface area contributed by atoms with Gasteiger partial charge in [0.1, 0.15) is 11.8 Å².